The van der Waals surface area contributed by atoms with Gasteiger partial charge in [0.15, 0.2) is 0 Å². The topological polar surface area (TPSA) is 29.5 Å². The Labute approximate surface area is 122 Å². The van der Waals surface area contributed by atoms with Crippen molar-refractivity contribution < 1.29 is 9.53 Å². The first-order chi connectivity index (χ1) is 9.76. The third kappa shape index (κ3) is 7.10. The fraction of sp³-hybridized carbons (Fsp3) is 0.471. The van der Waals surface area contributed by atoms with Crippen LogP contribution in [-0.2, 0) is 9.53 Å². The number of unbranched alkanes of at least 4 members (excludes halogenated alkanes) is 1. The van der Waals surface area contributed by atoms with E-state index in [-0.39, 0.29) is 5.97 Å². The van der Waals surface area contributed by atoms with E-state index in [0.29, 0.717) is 6.61 Å². The predicted molar refractivity (Wildman–Crippen MR) is 83.5 cm³/mol. The minimum Gasteiger partial charge on any atom is -0.463 e. The lowest BCUT2D eigenvalue weighted by molar-refractivity contribution is -0.137. The molecule has 3 heteroatoms. The molecule has 110 valence electrons. The number of hydrogen-bond donors (Lipinski definition) is 0. The molecule has 0 radical (unpaired) electrons. The maximum atomic E-state index is 11.5. The number of carbonyl (C=O) groups excluding carboxylic acids is 1. The van der Waals surface area contributed by atoms with Crippen molar-refractivity contribution in [3.05, 3.63) is 42.0 Å². The van der Waals surface area contributed by atoms with Gasteiger partial charge in [0.25, 0.3) is 0 Å². The molecule has 0 spiro atoms. The van der Waals surface area contributed by atoms with Gasteiger partial charge >= 0.3 is 5.97 Å². The van der Waals surface area contributed by atoms with Gasteiger partial charge in [0.2, 0.25) is 0 Å². The maximum absolute atomic E-state index is 11.5. The van der Waals surface area contributed by atoms with Gasteiger partial charge in [-0.2, -0.15) is 0 Å². The molecule has 0 aliphatic heterocycles. The molecule has 0 aromatic heterocycles. The molecule has 0 saturated carbocycles. The van der Waals surface area contributed by atoms with E-state index in [9.17, 15) is 4.79 Å². The molecule has 0 heterocycles. The highest BCUT2D eigenvalue weighted by Gasteiger charge is 2.00. The second-order valence-electron chi connectivity index (χ2n) is 4.65. The van der Waals surface area contributed by atoms with Crippen molar-refractivity contribution in [2.75, 3.05) is 26.2 Å². The zero-order valence-electron chi connectivity index (χ0n) is 12.5. The molecule has 0 unspecified atom stereocenters. The minimum absolute atomic E-state index is 0.267. The molecule has 0 saturated heterocycles. The van der Waals surface area contributed by atoms with Crippen LogP contribution in [0.15, 0.2) is 36.4 Å². The van der Waals surface area contributed by atoms with Crippen molar-refractivity contribution in [3.63, 3.8) is 0 Å². The van der Waals surface area contributed by atoms with Gasteiger partial charge in [0, 0.05) is 6.08 Å². The molecule has 0 bridgehead atoms. The number of benzene rings is 1. The van der Waals surface area contributed by atoms with E-state index in [0.717, 1.165) is 38.0 Å². The van der Waals surface area contributed by atoms with E-state index < -0.39 is 0 Å². The lowest BCUT2D eigenvalue weighted by Gasteiger charge is -2.17. The Hall–Kier alpha value is -1.61. The monoisotopic (exact) mass is 275 g/mol. The second kappa shape index (κ2) is 10.2. The van der Waals surface area contributed by atoms with Gasteiger partial charge in [-0.25, -0.2) is 4.79 Å². The van der Waals surface area contributed by atoms with Gasteiger partial charge in [-0.3, -0.25) is 0 Å². The fourth-order valence-corrected chi connectivity index (χ4v) is 1.93. The van der Waals surface area contributed by atoms with Gasteiger partial charge in [-0.05, 0) is 44.1 Å². The molecule has 1 rings (SSSR count). The Balaban J connectivity index is 2.13. The summed E-state index contributed by atoms with van der Waals surface area (Å²) in [6.07, 6.45) is 5.25. The molecular formula is C17H25NO2. The van der Waals surface area contributed by atoms with Gasteiger partial charge in [0.05, 0.1) is 6.61 Å². The fourth-order valence-electron chi connectivity index (χ4n) is 1.93. The molecule has 0 N–H and O–H groups in total. The summed E-state index contributed by atoms with van der Waals surface area (Å²) in [7, 11) is 0. The van der Waals surface area contributed by atoms with Crippen LogP contribution in [0.1, 0.15) is 32.3 Å². The number of nitrogens with zero attached hydrogens (tertiary/aromatic N) is 1. The summed E-state index contributed by atoms with van der Waals surface area (Å²) < 4.78 is 5.17. The molecule has 1 aromatic rings. The zero-order valence-corrected chi connectivity index (χ0v) is 12.5. The van der Waals surface area contributed by atoms with Gasteiger partial charge in [-0.15, -0.1) is 0 Å². The number of carbonyl (C=O) groups is 1. The summed E-state index contributed by atoms with van der Waals surface area (Å²) in [6.45, 7) is 8.06. The number of rotatable bonds is 9. The van der Waals surface area contributed by atoms with E-state index in [4.69, 9.17) is 4.74 Å². The average molecular weight is 275 g/mol. The lowest BCUT2D eigenvalue weighted by atomic mass is 10.2. The predicted octanol–water partition coefficient (Wildman–Crippen LogP) is 3.37. The molecule has 0 aliphatic rings. The quantitative estimate of drug-likeness (QED) is 0.393. The normalized spacial score (nSPS) is 11.2. The van der Waals surface area contributed by atoms with Crippen molar-refractivity contribution in [1.82, 2.24) is 4.90 Å². The van der Waals surface area contributed by atoms with Crippen LogP contribution in [-0.4, -0.2) is 37.1 Å². The third-order valence-corrected chi connectivity index (χ3v) is 3.22. The highest BCUT2D eigenvalue weighted by atomic mass is 16.5. The van der Waals surface area contributed by atoms with Crippen molar-refractivity contribution in [2.45, 2.75) is 26.7 Å². The Morgan fingerprint density at radius 1 is 1.15 bits per heavy atom. The van der Waals surface area contributed by atoms with Crippen molar-refractivity contribution in [2.24, 2.45) is 0 Å². The summed E-state index contributed by atoms with van der Waals surface area (Å²) in [4.78, 5) is 13.9. The van der Waals surface area contributed by atoms with Gasteiger partial charge in [-0.1, -0.05) is 44.2 Å². The van der Waals surface area contributed by atoms with Crippen molar-refractivity contribution in [3.8, 4) is 0 Å². The van der Waals surface area contributed by atoms with Crippen LogP contribution in [0.3, 0.4) is 0 Å². The van der Waals surface area contributed by atoms with Gasteiger partial charge < -0.3 is 9.64 Å². The largest absolute Gasteiger partial charge is 0.463 e. The molecule has 0 aliphatic carbocycles. The molecular weight excluding hydrogens is 250 g/mol. The molecule has 0 amide bonds. The summed E-state index contributed by atoms with van der Waals surface area (Å²) in [5, 5.41) is 0. The number of ether oxygens (including phenoxy) is 1. The Kier molecular flexibility index (Phi) is 8.40. The molecule has 3 nitrogen and oxygen atoms in total. The van der Waals surface area contributed by atoms with Crippen LogP contribution in [0.4, 0.5) is 0 Å². The van der Waals surface area contributed by atoms with Crippen LogP contribution < -0.4 is 0 Å². The van der Waals surface area contributed by atoms with E-state index in [1.807, 2.05) is 30.3 Å². The van der Waals surface area contributed by atoms with E-state index in [1.54, 1.807) is 6.08 Å². The summed E-state index contributed by atoms with van der Waals surface area (Å²) in [5.74, 6) is -0.267. The summed E-state index contributed by atoms with van der Waals surface area (Å²) >= 11 is 0. The zero-order chi connectivity index (χ0) is 14.6. The van der Waals surface area contributed by atoms with E-state index in [2.05, 4.69) is 18.7 Å². The van der Waals surface area contributed by atoms with Crippen molar-refractivity contribution >= 4 is 12.0 Å². The standard InChI is InChI=1S/C17H25NO2/c1-3-18(4-2)14-8-9-15-20-17(19)13-12-16-10-6-5-7-11-16/h5-7,10-13H,3-4,8-9,14-15H2,1-2H3/b13-12+. The highest BCUT2D eigenvalue weighted by Crippen LogP contribution is 2.01. The molecule has 0 atom stereocenters. The SMILES string of the molecule is CCN(CC)CCCCOC(=O)/C=C/c1ccccc1. The second-order valence-corrected chi connectivity index (χ2v) is 4.65. The van der Waals surface area contributed by atoms with Crippen LogP contribution in [0.25, 0.3) is 6.08 Å². The first kappa shape index (κ1) is 16.4. The Morgan fingerprint density at radius 3 is 2.50 bits per heavy atom. The lowest BCUT2D eigenvalue weighted by Crippen LogP contribution is -2.24. The van der Waals surface area contributed by atoms with Crippen LogP contribution in [0.5, 0.6) is 0 Å². The minimum atomic E-state index is -0.267. The first-order valence-electron chi connectivity index (χ1n) is 7.38. The maximum Gasteiger partial charge on any atom is 0.330 e. The van der Waals surface area contributed by atoms with E-state index in [1.165, 1.54) is 6.08 Å². The smallest absolute Gasteiger partial charge is 0.330 e. The van der Waals surface area contributed by atoms with E-state index >= 15 is 0 Å². The first-order valence-corrected chi connectivity index (χ1v) is 7.38. The van der Waals surface area contributed by atoms with Crippen LogP contribution in [0, 0.1) is 0 Å². The van der Waals surface area contributed by atoms with Crippen molar-refractivity contribution in [1.29, 1.82) is 0 Å². The highest BCUT2D eigenvalue weighted by molar-refractivity contribution is 5.86. The average Bonchev–Trinajstić information content (AvgIpc) is 2.50. The van der Waals surface area contributed by atoms with Crippen LogP contribution >= 0.6 is 0 Å². The third-order valence-electron chi connectivity index (χ3n) is 3.22. The Morgan fingerprint density at radius 2 is 1.85 bits per heavy atom. The van der Waals surface area contributed by atoms with Gasteiger partial charge in [0.1, 0.15) is 0 Å². The summed E-state index contributed by atoms with van der Waals surface area (Å²) in [5.41, 5.74) is 1.01. The summed E-state index contributed by atoms with van der Waals surface area (Å²) in [6, 6.07) is 9.74. The molecule has 20 heavy (non-hydrogen) atoms. The molecule has 1 aromatic carbocycles. The van der Waals surface area contributed by atoms with Crippen LogP contribution in [0.2, 0.25) is 0 Å². The number of esters is 1. The number of hydrogen-bond acceptors (Lipinski definition) is 3. The molecule has 0 fully saturated rings. The Bertz CT molecular complexity index is 397.